The molecule has 0 aliphatic carbocycles. The van der Waals surface area contributed by atoms with E-state index in [1.54, 1.807) is 0 Å². The first-order chi connectivity index (χ1) is 31.2. The van der Waals surface area contributed by atoms with Crippen molar-refractivity contribution >= 4 is 60.8 Å². The molecule has 0 aliphatic heterocycles. The van der Waals surface area contributed by atoms with E-state index in [1.807, 2.05) is 49.1 Å². The second-order valence-corrected chi connectivity index (χ2v) is 15.8. The molecule has 0 atom stereocenters. The fourth-order valence-electron chi connectivity index (χ4n) is 9.20. The number of nitrogens with zero attached hydrogens (tertiary/aromatic N) is 4. The van der Waals surface area contributed by atoms with Crippen molar-refractivity contribution in [3.8, 4) is 50.2 Å². The average molecular weight is 807 g/mol. The summed E-state index contributed by atoms with van der Waals surface area (Å²) in [4.78, 5) is 11.1. The molecule has 63 heavy (non-hydrogen) atoms. The molecule has 12 aromatic rings. The van der Waals surface area contributed by atoms with Gasteiger partial charge in [-0.3, -0.25) is 9.97 Å². The Morgan fingerprint density at radius 1 is 0.381 bits per heavy atom. The van der Waals surface area contributed by atoms with Gasteiger partial charge in [0.15, 0.2) is 5.58 Å². The van der Waals surface area contributed by atoms with Gasteiger partial charge in [-0.05, 0) is 118 Å². The van der Waals surface area contributed by atoms with Crippen LogP contribution in [0.15, 0.2) is 235 Å². The van der Waals surface area contributed by atoms with Crippen LogP contribution in [0.5, 0.6) is 0 Å². The highest BCUT2D eigenvalue weighted by atomic mass is 16.3. The summed E-state index contributed by atoms with van der Waals surface area (Å²) in [5, 5.41) is 4.63. The van der Waals surface area contributed by atoms with Crippen LogP contribution in [0.25, 0.3) is 93.9 Å². The highest BCUT2D eigenvalue weighted by Crippen LogP contribution is 2.44. The SMILES string of the molecule is c1cncc(-c2ccc(N(c3ccc(-c4cccnc4)cc3)c3ccccc3-c3cccc(-c4ccc5c(c4)c4ccccc4n5-c4cccc5c4oc4ccccc45)c3)cc2)c1. The van der Waals surface area contributed by atoms with Gasteiger partial charge in [-0.15, -0.1) is 0 Å². The van der Waals surface area contributed by atoms with Gasteiger partial charge in [-0.1, -0.05) is 127 Å². The highest BCUT2D eigenvalue weighted by Gasteiger charge is 2.20. The largest absolute Gasteiger partial charge is 0.454 e. The molecule has 0 radical (unpaired) electrons. The first-order valence-electron chi connectivity index (χ1n) is 21.2. The van der Waals surface area contributed by atoms with Gasteiger partial charge in [0.25, 0.3) is 0 Å². The molecule has 0 saturated carbocycles. The van der Waals surface area contributed by atoms with Crippen LogP contribution < -0.4 is 4.90 Å². The van der Waals surface area contributed by atoms with Crippen LogP contribution in [0.3, 0.4) is 0 Å². The molecule has 4 heterocycles. The molecule has 0 saturated heterocycles. The van der Waals surface area contributed by atoms with Crippen molar-refractivity contribution in [1.29, 1.82) is 0 Å². The molecule has 296 valence electrons. The van der Waals surface area contributed by atoms with Crippen LogP contribution in [-0.4, -0.2) is 14.5 Å². The Morgan fingerprint density at radius 2 is 0.952 bits per heavy atom. The monoisotopic (exact) mass is 806 g/mol. The Labute approximate surface area is 364 Å². The van der Waals surface area contributed by atoms with Gasteiger partial charge in [0, 0.05) is 63.3 Å². The molecule has 12 rings (SSSR count). The first kappa shape index (κ1) is 36.3. The minimum atomic E-state index is 0.889. The number of furan rings is 1. The molecule has 0 amide bonds. The topological polar surface area (TPSA) is 47.1 Å². The number of para-hydroxylation sites is 4. The van der Waals surface area contributed by atoms with Crippen molar-refractivity contribution < 1.29 is 4.42 Å². The summed E-state index contributed by atoms with van der Waals surface area (Å²) in [6.07, 6.45) is 7.43. The Bertz CT molecular complexity index is 3530. The van der Waals surface area contributed by atoms with Crippen molar-refractivity contribution in [2.45, 2.75) is 0 Å². The lowest BCUT2D eigenvalue weighted by molar-refractivity contribution is 0.666. The van der Waals surface area contributed by atoms with Crippen LogP contribution in [0.2, 0.25) is 0 Å². The van der Waals surface area contributed by atoms with Gasteiger partial charge in [0.1, 0.15) is 5.58 Å². The van der Waals surface area contributed by atoms with E-state index in [1.165, 1.54) is 10.8 Å². The fourth-order valence-corrected chi connectivity index (χ4v) is 9.20. The lowest BCUT2D eigenvalue weighted by Gasteiger charge is -2.28. The molecule has 0 fully saturated rings. The molecule has 0 bridgehead atoms. The zero-order chi connectivity index (χ0) is 41.7. The molecule has 4 aromatic heterocycles. The maximum Gasteiger partial charge on any atom is 0.159 e. The van der Waals surface area contributed by atoms with Gasteiger partial charge < -0.3 is 13.9 Å². The molecule has 0 aliphatic rings. The van der Waals surface area contributed by atoms with E-state index in [0.717, 1.165) is 100 Å². The summed E-state index contributed by atoms with van der Waals surface area (Å²) >= 11 is 0. The number of fused-ring (bicyclic) bond motifs is 6. The number of pyridine rings is 2. The summed E-state index contributed by atoms with van der Waals surface area (Å²) in [5.74, 6) is 0. The molecule has 0 unspecified atom stereocenters. The summed E-state index contributed by atoms with van der Waals surface area (Å²) in [7, 11) is 0. The fraction of sp³-hybridized carbons (Fsp3) is 0. The number of rotatable bonds is 8. The predicted molar refractivity (Wildman–Crippen MR) is 260 cm³/mol. The Balaban J connectivity index is 0.966. The second kappa shape index (κ2) is 15.2. The minimum Gasteiger partial charge on any atom is -0.454 e. The Morgan fingerprint density at radius 3 is 1.68 bits per heavy atom. The van der Waals surface area contributed by atoms with E-state index in [-0.39, 0.29) is 0 Å². The Hall–Kier alpha value is -8.54. The summed E-state index contributed by atoms with van der Waals surface area (Å²) < 4.78 is 8.91. The predicted octanol–water partition coefficient (Wildman–Crippen LogP) is 15.6. The van der Waals surface area contributed by atoms with Gasteiger partial charge in [-0.25, -0.2) is 0 Å². The van der Waals surface area contributed by atoms with Crippen molar-refractivity contribution in [3.63, 3.8) is 0 Å². The number of anilines is 3. The standard InChI is InChI=1S/C58H38N4O/c1-4-19-53(61(46-28-23-39(24-29-46)44-13-9-33-59-37-44)47-30-25-40(26-31-47)45-14-10-34-60-38-45)48(15-1)43-12-7-11-41(35-43)42-27-32-55-52(36-42)49-16-2-5-20-54(49)62(55)56-21-8-18-51-50-17-3-6-22-57(50)63-58(51)56/h1-38H. The summed E-state index contributed by atoms with van der Waals surface area (Å²) in [5.41, 5.74) is 17.2. The van der Waals surface area contributed by atoms with Gasteiger partial charge >= 0.3 is 0 Å². The van der Waals surface area contributed by atoms with Crippen LogP contribution in [0.4, 0.5) is 17.1 Å². The maximum absolute atomic E-state index is 6.55. The third-order valence-corrected chi connectivity index (χ3v) is 12.2. The average Bonchev–Trinajstić information content (AvgIpc) is 3.91. The van der Waals surface area contributed by atoms with E-state index in [0.29, 0.717) is 0 Å². The van der Waals surface area contributed by atoms with Gasteiger partial charge in [-0.2, -0.15) is 0 Å². The van der Waals surface area contributed by atoms with Crippen LogP contribution >= 0.6 is 0 Å². The van der Waals surface area contributed by atoms with Gasteiger partial charge in [0.05, 0.1) is 22.4 Å². The number of benzene rings is 8. The number of hydrogen-bond acceptors (Lipinski definition) is 4. The van der Waals surface area contributed by atoms with Crippen LogP contribution in [0, 0.1) is 0 Å². The van der Waals surface area contributed by atoms with Crippen LogP contribution in [-0.2, 0) is 0 Å². The third kappa shape index (κ3) is 6.34. The lowest BCUT2D eigenvalue weighted by Crippen LogP contribution is -2.11. The van der Waals surface area contributed by atoms with E-state index in [9.17, 15) is 0 Å². The van der Waals surface area contributed by atoms with E-state index < -0.39 is 0 Å². The Kier molecular flexibility index (Phi) is 8.75. The van der Waals surface area contributed by atoms with Crippen LogP contribution in [0.1, 0.15) is 0 Å². The smallest absolute Gasteiger partial charge is 0.159 e. The number of aromatic nitrogens is 3. The normalized spacial score (nSPS) is 11.5. The molecular weight excluding hydrogens is 769 g/mol. The summed E-state index contributed by atoms with van der Waals surface area (Å²) in [6, 6.07) is 73.5. The van der Waals surface area contributed by atoms with Crippen molar-refractivity contribution in [2.75, 3.05) is 4.90 Å². The maximum atomic E-state index is 6.55. The van der Waals surface area contributed by atoms with E-state index >= 15 is 0 Å². The molecule has 5 heteroatoms. The third-order valence-electron chi connectivity index (χ3n) is 12.2. The molecule has 5 nitrogen and oxygen atoms in total. The van der Waals surface area contributed by atoms with Crippen molar-refractivity contribution in [3.05, 3.63) is 231 Å². The zero-order valence-corrected chi connectivity index (χ0v) is 34.1. The molecule has 0 spiro atoms. The number of hydrogen-bond donors (Lipinski definition) is 0. The first-order valence-corrected chi connectivity index (χ1v) is 21.2. The van der Waals surface area contributed by atoms with E-state index in [4.69, 9.17) is 4.42 Å². The highest BCUT2D eigenvalue weighted by molar-refractivity contribution is 6.13. The zero-order valence-electron chi connectivity index (χ0n) is 34.1. The minimum absolute atomic E-state index is 0.889. The molecule has 8 aromatic carbocycles. The van der Waals surface area contributed by atoms with Crippen molar-refractivity contribution in [1.82, 2.24) is 14.5 Å². The van der Waals surface area contributed by atoms with E-state index in [2.05, 4.69) is 201 Å². The lowest BCUT2D eigenvalue weighted by atomic mass is 9.96. The second-order valence-electron chi connectivity index (χ2n) is 15.8. The molecule has 0 N–H and O–H groups in total. The summed E-state index contributed by atoms with van der Waals surface area (Å²) in [6.45, 7) is 0. The molecular formula is C58H38N4O. The van der Waals surface area contributed by atoms with Crippen molar-refractivity contribution in [2.24, 2.45) is 0 Å². The quantitative estimate of drug-likeness (QED) is 0.153. The van der Waals surface area contributed by atoms with Gasteiger partial charge in [0.2, 0.25) is 0 Å².